The number of thiophene rings is 1. The molecule has 1 heterocycles. The first-order chi connectivity index (χ1) is 9.91. The molecule has 0 aliphatic heterocycles. The van der Waals surface area contributed by atoms with Gasteiger partial charge in [-0.2, -0.15) is 0 Å². The highest BCUT2D eigenvalue weighted by atomic mass is 79.9. The van der Waals surface area contributed by atoms with Gasteiger partial charge in [-0.15, -0.1) is 11.3 Å². The smallest absolute Gasteiger partial charge is 0.0701 e. The molecule has 1 atom stereocenters. The highest BCUT2D eigenvalue weighted by Crippen LogP contribution is 2.33. The number of hydrogen-bond donors (Lipinski definition) is 1. The maximum absolute atomic E-state index is 3.66. The molecule has 0 saturated carbocycles. The molecule has 1 aromatic heterocycles. The molecule has 21 heavy (non-hydrogen) atoms. The van der Waals surface area contributed by atoms with Gasteiger partial charge in [-0.1, -0.05) is 52.0 Å². The fourth-order valence-electron chi connectivity index (χ4n) is 2.68. The first kappa shape index (κ1) is 16.7. The van der Waals surface area contributed by atoms with Gasteiger partial charge in [0.15, 0.2) is 0 Å². The summed E-state index contributed by atoms with van der Waals surface area (Å²) in [5.74, 6) is 0. The number of nitrogens with one attached hydrogen (secondary N) is 1. The average Bonchev–Trinajstić information content (AvgIpc) is 2.83. The predicted molar refractivity (Wildman–Crippen MR) is 97.3 cm³/mol. The molecular formula is C18H24BrNS. The second-order valence-electron chi connectivity index (χ2n) is 6.36. The monoisotopic (exact) mass is 365 g/mol. The van der Waals surface area contributed by atoms with Crippen LogP contribution in [0.3, 0.4) is 0 Å². The van der Waals surface area contributed by atoms with Gasteiger partial charge in [0.1, 0.15) is 0 Å². The second-order valence-corrected chi connectivity index (χ2v) is 8.91. The maximum Gasteiger partial charge on any atom is 0.0701 e. The molecule has 0 bridgehead atoms. The lowest BCUT2D eigenvalue weighted by Crippen LogP contribution is -2.26. The van der Waals surface area contributed by atoms with Crippen molar-refractivity contribution in [2.45, 2.75) is 45.6 Å². The van der Waals surface area contributed by atoms with Crippen LogP contribution in [0, 0.1) is 0 Å². The van der Waals surface area contributed by atoms with Gasteiger partial charge in [-0.05, 0) is 51.1 Å². The molecule has 0 spiro atoms. The summed E-state index contributed by atoms with van der Waals surface area (Å²) >= 11 is 5.39. The minimum atomic E-state index is 0.167. The molecule has 2 rings (SSSR count). The molecule has 0 aliphatic rings. The fourth-order valence-corrected chi connectivity index (χ4v) is 4.21. The van der Waals surface area contributed by atoms with E-state index in [1.165, 1.54) is 19.8 Å². The van der Waals surface area contributed by atoms with Crippen molar-refractivity contribution in [2.24, 2.45) is 0 Å². The minimum Gasteiger partial charge on any atom is -0.310 e. The Kier molecular flexibility index (Phi) is 5.64. The van der Waals surface area contributed by atoms with E-state index in [1.54, 1.807) is 0 Å². The molecule has 0 saturated heterocycles. The molecule has 1 aromatic carbocycles. The molecule has 114 valence electrons. The highest BCUT2D eigenvalue weighted by Gasteiger charge is 2.22. The molecule has 1 N–H and O–H groups in total. The Morgan fingerprint density at radius 2 is 1.86 bits per heavy atom. The molecule has 0 aliphatic carbocycles. The van der Waals surface area contributed by atoms with Crippen molar-refractivity contribution in [3.8, 4) is 0 Å². The van der Waals surface area contributed by atoms with Crippen molar-refractivity contribution in [2.75, 3.05) is 6.54 Å². The first-order valence-electron chi connectivity index (χ1n) is 7.49. The molecule has 0 fully saturated rings. The van der Waals surface area contributed by atoms with Gasteiger partial charge >= 0.3 is 0 Å². The number of benzene rings is 1. The summed E-state index contributed by atoms with van der Waals surface area (Å²) in [6, 6.07) is 13.6. The van der Waals surface area contributed by atoms with Crippen molar-refractivity contribution in [1.82, 2.24) is 5.32 Å². The van der Waals surface area contributed by atoms with Crippen LogP contribution < -0.4 is 5.32 Å². The molecule has 3 heteroatoms. The van der Waals surface area contributed by atoms with Gasteiger partial charge < -0.3 is 5.32 Å². The highest BCUT2D eigenvalue weighted by molar-refractivity contribution is 9.11. The molecule has 1 nitrogen and oxygen atoms in total. The number of rotatable bonds is 5. The van der Waals surface area contributed by atoms with E-state index < -0.39 is 0 Å². The van der Waals surface area contributed by atoms with E-state index in [-0.39, 0.29) is 5.41 Å². The van der Waals surface area contributed by atoms with E-state index in [0.717, 1.165) is 13.0 Å². The van der Waals surface area contributed by atoms with Gasteiger partial charge in [-0.25, -0.2) is 0 Å². The maximum atomic E-state index is 3.66. The quantitative estimate of drug-likeness (QED) is 0.716. The normalized spacial score (nSPS) is 13.4. The molecule has 0 radical (unpaired) electrons. The molecule has 2 aromatic rings. The topological polar surface area (TPSA) is 12.0 Å². The number of halogens is 1. The van der Waals surface area contributed by atoms with Crippen LogP contribution in [0.1, 0.15) is 49.7 Å². The van der Waals surface area contributed by atoms with E-state index in [0.29, 0.717) is 6.04 Å². The van der Waals surface area contributed by atoms with E-state index in [9.17, 15) is 0 Å². The Labute approximate surface area is 140 Å². The number of hydrogen-bond acceptors (Lipinski definition) is 2. The average molecular weight is 366 g/mol. The van der Waals surface area contributed by atoms with Crippen LogP contribution in [-0.4, -0.2) is 6.54 Å². The third kappa shape index (κ3) is 4.41. The molecule has 0 amide bonds. The fraction of sp³-hybridized carbons (Fsp3) is 0.444. The Bertz CT molecular complexity index is 583. The largest absolute Gasteiger partial charge is 0.310 e. The lowest BCUT2D eigenvalue weighted by atomic mass is 9.81. The van der Waals surface area contributed by atoms with Crippen LogP contribution in [0.5, 0.6) is 0 Å². The van der Waals surface area contributed by atoms with Crippen LogP contribution in [-0.2, 0) is 11.8 Å². The van der Waals surface area contributed by atoms with Crippen LogP contribution in [0.4, 0.5) is 0 Å². The summed E-state index contributed by atoms with van der Waals surface area (Å²) in [5, 5.41) is 3.66. The van der Waals surface area contributed by atoms with E-state index in [1.807, 2.05) is 11.3 Å². The zero-order valence-electron chi connectivity index (χ0n) is 13.2. The van der Waals surface area contributed by atoms with E-state index >= 15 is 0 Å². The standard InChI is InChI=1S/C18H24BrNS/c1-5-20-16(12-13-10-11-17(19)21-13)14-8-6-7-9-15(14)18(2,3)4/h6-11,16,20H,5,12H2,1-4H3. The summed E-state index contributed by atoms with van der Waals surface area (Å²) < 4.78 is 1.21. The minimum absolute atomic E-state index is 0.167. The van der Waals surface area contributed by atoms with Crippen molar-refractivity contribution in [3.05, 3.63) is 56.2 Å². The van der Waals surface area contributed by atoms with Gasteiger partial charge in [0, 0.05) is 17.3 Å². The summed E-state index contributed by atoms with van der Waals surface area (Å²) in [6.45, 7) is 10.0. The Balaban J connectivity index is 2.34. The predicted octanol–water partition coefficient (Wildman–Crippen LogP) is 5.70. The van der Waals surface area contributed by atoms with Crippen molar-refractivity contribution >= 4 is 27.3 Å². The van der Waals surface area contributed by atoms with E-state index in [2.05, 4.69) is 85.3 Å². The van der Waals surface area contributed by atoms with Gasteiger partial charge in [-0.3, -0.25) is 0 Å². The SMILES string of the molecule is CCNC(Cc1ccc(Br)s1)c1ccccc1C(C)(C)C. The first-order valence-corrected chi connectivity index (χ1v) is 9.09. The van der Waals surface area contributed by atoms with Crippen molar-refractivity contribution in [3.63, 3.8) is 0 Å². The van der Waals surface area contributed by atoms with Gasteiger partial charge in [0.05, 0.1) is 3.79 Å². The summed E-state index contributed by atoms with van der Waals surface area (Å²) in [7, 11) is 0. The number of likely N-dealkylation sites (N-methyl/N-ethyl adjacent to an activating group) is 1. The Hall–Kier alpha value is -0.640. The lowest BCUT2D eigenvalue weighted by molar-refractivity contribution is 0.519. The summed E-state index contributed by atoms with van der Waals surface area (Å²) in [4.78, 5) is 1.41. The van der Waals surface area contributed by atoms with E-state index in [4.69, 9.17) is 0 Å². The van der Waals surface area contributed by atoms with Crippen LogP contribution in [0.25, 0.3) is 0 Å². The molecule has 1 unspecified atom stereocenters. The van der Waals surface area contributed by atoms with Crippen LogP contribution in [0.2, 0.25) is 0 Å². The second kappa shape index (κ2) is 7.08. The van der Waals surface area contributed by atoms with Crippen LogP contribution >= 0.6 is 27.3 Å². The summed E-state index contributed by atoms with van der Waals surface area (Å²) in [5.41, 5.74) is 3.03. The zero-order chi connectivity index (χ0) is 15.5. The Morgan fingerprint density at radius 1 is 1.14 bits per heavy atom. The third-order valence-corrected chi connectivity index (χ3v) is 5.27. The third-order valence-electron chi connectivity index (χ3n) is 3.63. The summed E-state index contributed by atoms with van der Waals surface area (Å²) in [6.07, 6.45) is 1.04. The van der Waals surface area contributed by atoms with Crippen LogP contribution in [0.15, 0.2) is 40.2 Å². The lowest BCUT2D eigenvalue weighted by Gasteiger charge is -2.28. The van der Waals surface area contributed by atoms with Gasteiger partial charge in [0.25, 0.3) is 0 Å². The van der Waals surface area contributed by atoms with Gasteiger partial charge in [0.2, 0.25) is 0 Å². The zero-order valence-corrected chi connectivity index (χ0v) is 15.6. The Morgan fingerprint density at radius 3 is 2.43 bits per heavy atom. The van der Waals surface area contributed by atoms with Crippen molar-refractivity contribution in [1.29, 1.82) is 0 Å². The van der Waals surface area contributed by atoms with Crippen molar-refractivity contribution < 1.29 is 0 Å². The molecular weight excluding hydrogens is 342 g/mol.